The van der Waals surface area contributed by atoms with Crippen LogP contribution in [-0.2, 0) is 17.8 Å². The molecular formula is C22H30BrN3O3S. The van der Waals surface area contributed by atoms with Crippen LogP contribution in [0.25, 0.3) is 0 Å². The molecule has 3 rings (SSSR count). The Hall–Kier alpha value is -1.61. The molecular weight excluding hydrogens is 466 g/mol. The molecule has 0 bridgehead atoms. The number of nitrogens with one attached hydrogen (secondary N) is 1. The van der Waals surface area contributed by atoms with Gasteiger partial charge in [-0.25, -0.2) is 0 Å². The average molecular weight is 496 g/mol. The Balaban J connectivity index is 1.41. The van der Waals surface area contributed by atoms with Crippen molar-refractivity contribution in [3.8, 4) is 11.5 Å². The fourth-order valence-corrected chi connectivity index (χ4v) is 5.15. The van der Waals surface area contributed by atoms with Crippen LogP contribution in [0.1, 0.15) is 17.4 Å². The number of carbonyl (C=O) groups excluding carboxylic acids is 1. The second-order valence-electron chi connectivity index (χ2n) is 7.41. The Morgan fingerprint density at radius 3 is 2.53 bits per heavy atom. The Labute approximate surface area is 191 Å². The Kier molecular flexibility index (Phi) is 8.56. The van der Waals surface area contributed by atoms with Gasteiger partial charge in [-0.15, -0.1) is 11.3 Å². The molecule has 0 spiro atoms. The maximum Gasteiger partial charge on any atom is 0.237 e. The van der Waals surface area contributed by atoms with Crippen LogP contribution in [0.3, 0.4) is 0 Å². The summed E-state index contributed by atoms with van der Waals surface area (Å²) in [7, 11) is 3.25. The van der Waals surface area contributed by atoms with E-state index in [2.05, 4.69) is 42.5 Å². The van der Waals surface area contributed by atoms with Gasteiger partial charge in [0, 0.05) is 48.6 Å². The Morgan fingerprint density at radius 1 is 1.17 bits per heavy atom. The van der Waals surface area contributed by atoms with Crippen LogP contribution in [0.5, 0.6) is 11.5 Å². The molecule has 8 heteroatoms. The van der Waals surface area contributed by atoms with Crippen molar-refractivity contribution in [1.29, 1.82) is 0 Å². The predicted octanol–water partition coefficient (Wildman–Crippen LogP) is 3.39. The molecule has 1 aliphatic heterocycles. The summed E-state index contributed by atoms with van der Waals surface area (Å²) in [5.74, 6) is 1.51. The number of thiophene rings is 1. The molecule has 0 saturated carbocycles. The molecule has 1 fully saturated rings. The van der Waals surface area contributed by atoms with E-state index in [-0.39, 0.29) is 11.9 Å². The first-order valence-electron chi connectivity index (χ1n) is 10.2. The first kappa shape index (κ1) is 23.1. The van der Waals surface area contributed by atoms with Crippen molar-refractivity contribution in [1.82, 2.24) is 15.1 Å². The highest BCUT2D eigenvalue weighted by Gasteiger charge is 2.25. The molecule has 1 unspecified atom stereocenters. The van der Waals surface area contributed by atoms with Crippen LogP contribution in [0.2, 0.25) is 0 Å². The number of hydrogen-bond donors (Lipinski definition) is 1. The van der Waals surface area contributed by atoms with E-state index in [1.807, 2.05) is 25.1 Å². The zero-order valence-corrected chi connectivity index (χ0v) is 20.2. The fourth-order valence-electron chi connectivity index (χ4n) is 3.63. The lowest BCUT2D eigenvalue weighted by atomic mass is 10.1. The lowest BCUT2D eigenvalue weighted by molar-refractivity contribution is -0.126. The van der Waals surface area contributed by atoms with Gasteiger partial charge < -0.3 is 14.8 Å². The molecule has 0 radical (unpaired) electrons. The van der Waals surface area contributed by atoms with E-state index in [0.717, 1.165) is 44.7 Å². The molecule has 1 aromatic heterocycles. The van der Waals surface area contributed by atoms with E-state index < -0.39 is 0 Å². The van der Waals surface area contributed by atoms with Gasteiger partial charge in [-0.1, -0.05) is 6.07 Å². The van der Waals surface area contributed by atoms with Crippen molar-refractivity contribution in [3.63, 3.8) is 0 Å². The van der Waals surface area contributed by atoms with Gasteiger partial charge in [0.05, 0.1) is 20.3 Å². The standard InChI is InChI=1S/C22H30BrN3O3S/c1-16(26-11-9-25(10-12-26)15-21-18(23)7-13-30-21)22(27)24-8-6-17-4-5-19(28-2)20(14-17)29-3/h4-5,7,13-14,16H,6,8-12,15H2,1-3H3,(H,24,27). The van der Waals surface area contributed by atoms with Crippen molar-refractivity contribution in [2.75, 3.05) is 46.9 Å². The summed E-state index contributed by atoms with van der Waals surface area (Å²) < 4.78 is 11.8. The lowest BCUT2D eigenvalue weighted by Crippen LogP contribution is -2.53. The monoisotopic (exact) mass is 495 g/mol. The van der Waals surface area contributed by atoms with Gasteiger partial charge in [0.1, 0.15) is 0 Å². The molecule has 1 aliphatic rings. The quantitative estimate of drug-likeness (QED) is 0.577. The summed E-state index contributed by atoms with van der Waals surface area (Å²) in [5.41, 5.74) is 1.11. The van der Waals surface area contributed by atoms with E-state index in [4.69, 9.17) is 9.47 Å². The van der Waals surface area contributed by atoms with E-state index >= 15 is 0 Å². The highest BCUT2D eigenvalue weighted by molar-refractivity contribution is 9.10. The van der Waals surface area contributed by atoms with Crippen LogP contribution in [0, 0.1) is 0 Å². The van der Waals surface area contributed by atoms with Gasteiger partial charge in [-0.05, 0) is 58.4 Å². The van der Waals surface area contributed by atoms with Crippen molar-refractivity contribution < 1.29 is 14.3 Å². The number of methoxy groups -OCH3 is 2. The second kappa shape index (κ2) is 11.1. The van der Waals surface area contributed by atoms with Gasteiger partial charge in [-0.3, -0.25) is 14.6 Å². The zero-order chi connectivity index (χ0) is 21.5. The second-order valence-corrected chi connectivity index (χ2v) is 9.27. The molecule has 2 heterocycles. The average Bonchev–Trinajstić information content (AvgIpc) is 3.17. The molecule has 30 heavy (non-hydrogen) atoms. The van der Waals surface area contributed by atoms with Crippen LogP contribution in [0.15, 0.2) is 34.1 Å². The van der Waals surface area contributed by atoms with Gasteiger partial charge >= 0.3 is 0 Å². The van der Waals surface area contributed by atoms with E-state index in [1.54, 1.807) is 25.6 Å². The SMILES string of the molecule is COc1ccc(CCNC(=O)C(C)N2CCN(Cc3sccc3Br)CC2)cc1OC. The van der Waals surface area contributed by atoms with Crippen LogP contribution in [-0.4, -0.2) is 68.7 Å². The summed E-state index contributed by atoms with van der Waals surface area (Å²) in [6, 6.07) is 7.84. The molecule has 1 amide bonds. The maximum atomic E-state index is 12.6. The largest absolute Gasteiger partial charge is 0.493 e. The first-order chi connectivity index (χ1) is 14.5. The van der Waals surface area contributed by atoms with Gasteiger partial charge in [0.15, 0.2) is 11.5 Å². The minimum Gasteiger partial charge on any atom is -0.493 e. The van der Waals surface area contributed by atoms with Crippen molar-refractivity contribution in [2.24, 2.45) is 0 Å². The number of nitrogens with zero attached hydrogens (tertiary/aromatic N) is 2. The lowest BCUT2D eigenvalue weighted by Gasteiger charge is -2.37. The summed E-state index contributed by atoms with van der Waals surface area (Å²) >= 11 is 5.40. The van der Waals surface area contributed by atoms with Gasteiger partial charge in [-0.2, -0.15) is 0 Å². The summed E-state index contributed by atoms with van der Waals surface area (Å²) in [6.45, 7) is 7.35. The summed E-state index contributed by atoms with van der Waals surface area (Å²) in [6.07, 6.45) is 0.752. The maximum absolute atomic E-state index is 12.6. The number of hydrogen-bond acceptors (Lipinski definition) is 6. The van der Waals surface area contributed by atoms with E-state index in [9.17, 15) is 4.79 Å². The third-order valence-corrected chi connectivity index (χ3v) is 7.46. The van der Waals surface area contributed by atoms with E-state index in [1.165, 1.54) is 9.35 Å². The van der Waals surface area contributed by atoms with Gasteiger partial charge in [0.2, 0.25) is 5.91 Å². The molecule has 1 aromatic carbocycles. The van der Waals surface area contributed by atoms with E-state index in [0.29, 0.717) is 18.0 Å². The normalized spacial score (nSPS) is 16.3. The molecule has 6 nitrogen and oxygen atoms in total. The minimum atomic E-state index is -0.119. The highest BCUT2D eigenvalue weighted by atomic mass is 79.9. The Bertz CT molecular complexity index is 837. The molecule has 2 aromatic rings. The van der Waals surface area contributed by atoms with Crippen molar-refractivity contribution >= 4 is 33.2 Å². The predicted molar refractivity (Wildman–Crippen MR) is 125 cm³/mol. The Morgan fingerprint density at radius 2 is 1.90 bits per heavy atom. The zero-order valence-electron chi connectivity index (χ0n) is 17.8. The highest BCUT2D eigenvalue weighted by Crippen LogP contribution is 2.27. The third-order valence-electron chi connectivity index (χ3n) is 5.55. The summed E-state index contributed by atoms with van der Waals surface area (Å²) in [5, 5.41) is 5.19. The molecule has 0 aliphatic carbocycles. The minimum absolute atomic E-state index is 0.0879. The molecule has 1 N–H and O–H groups in total. The number of piperazine rings is 1. The number of carbonyl (C=O) groups is 1. The molecule has 1 saturated heterocycles. The van der Waals surface area contributed by atoms with Gasteiger partial charge in [0.25, 0.3) is 0 Å². The fraction of sp³-hybridized carbons (Fsp3) is 0.500. The van der Waals surface area contributed by atoms with Crippen molar-refractivity contribution in [3.05, 3.63) is 44.6 Å². The number of amides is 1. The molecule has 1 atom stereocenters. The summed E-state index contributed by atoms with van der Waals surface area (Å²) in [4.78, 5) is 18.7. The molecule has 164 valence electrons. The van der Waals surface area contributed by atoms with Crippen molar-refractivity contribution in [2.45, 2.75) is 25.9 Å². The number of benzene rings is 1. The first-order valence-corrected chi connectivity index (χ1v) is 11.9. The third kappa shape index (κ3) is 5.97. The number of rotatable bonds is 9. The van der Waals surface area contributed by atoms with Crippen LogP contribution in [0.4, 0.5) is 0 Å². The van der Waals surface area contributed by atoms with Crippen LogP contribution < -0.4 is 14.8 Å². The smallest absolute Gasteiger partial charge is 0.237 e. The van der Waals surface area contributed by atoms with Crippen LogP contribution >= 0.6 is 27.3 Å². The number of halogens is 1. The topological polar surface area (TPSA) is 54.0 Å². The number of ether oxygens (including phenoxy) is 2.